The minimum Gasteiger partial charge on any atom is -0.466 e. The second-order valence-corrected chi connectivity index (χ2v) is 9.12. The highest BCUT2D eigenvalue weighted by molar-refractivity contribution is 7.21. The van der Waals surface area contributed by atoms with Crippen molar-refractivity contribution in [2.45, 2.75) is 19.8 Å². The van der Waals surface area contributed by atoms with Crippen molar-refractivity contribution in [2.75, 3.05) is 30.3 Å². The number of pyridine rings is 1. The quantitative estimate of drug-likeness (QED) is 0.563. The first-order valence-corrected chi connectivity index (χ1v) is 11.6. The number of thiophene rings is 2. The third-order valence-electron chi connectivity index (χ3n) is 5.38. The van der Waals surface area contributed by atoms with Crippen LogP contribution in [0.1, 0.15) is 35.0 Å². The molecule has 3 aromatic heterocycles. The molecule has 0 aliphatic carbocycles. The van der Waals surface area contributed by atoms with Gasteiger partial charge in [-0.1, -0.05) is 6.07 Å². The third kappa shape index (κ3) is 3.71. The van der Waals surface area contributed by atoms with Crippen molar-refractivity contribution in [2.24, 2.45) is 11.7 Å². The summed E-state index contributed by atoms with van der Waals surface area (Å²) in [5.41, 5.74) is 13.1. The fourth-order valence-corrected chi connectivity index (χ4v) is 5.65. The maximum atomic E-state index is 12.1. The van der Waals surface area contributed by atoms with Gasteiger partial charge < -0.3 is 21.1 Å². The molecule has 0 bridgehead atoms. The molecular weight excluding hydrogens is 434 g/mol. The first-order valence-electron chi connectivity index (χ1n) is 9.87. The van der Waals surface area contributed by atoms with E-state index in [0.29, 0.717) is 59.7 Å². The lowest BCUT2D eigenvalue weighted by Crippen LogP contribution is -2.37. The van der Waals surface area contributed by atoms with E-state index in [9.17, 15) is 14.9 Å². The summed E-state index contributed by atoms with van der Waals surface area (Å²) in [6.07, 6.45) is 1.24. The summed E-state index contributed by atoms with van der Waals surface area (Å²) in [6, 6.07) is 6.12. The molecule has 3 aromatic rings. The van der Waals surface area contributed by atoms with Gasteiger partial charge >= 0.3 is 5.97 Å². The Morgan fingerprint density at radius 1 is 1.39 bits per heavy atom. The van der Waals surface area contributed by atoms with E-state index < -0.39 is 5.91 Å². The number of hydrogen-bond donors (Lipinski definition) is 2. The lowest BCUT2D eigenvalue weighted by molar-refractivity contribution is -0.148. The van der Waals surface area contributed by atoms with E-state index in [1.807, 2.05) is 22.4 Å². The number of nitrogens with zero attached hydrogens (tertiary/aromatic N) is 3. The van der Waals surface area contributed by atoms with Gasteiger partial charge in [-0.2, -0.15) is 5.26 Å². The Labute approximate surface area is 187 Å². The third-order valence-corrected chi connectivity index (χ3v) is 7.38. The Bertz CT molecular complexity index is 1190. The number of hydrogen-bond acceptors (Lipinski definition) is 9. The Balaban J connectivity index is 1.83. The molecule has 0 unspecified atom stereocenters. The Morgan fingerprint density at radius 3 is 2.71 bits per heavy atom. The van der Waals surface area contributed by atoms with Crippen LogP contribution < -0.4 is 16.4 Å². The summed E-state index contributed by atoms with van der Waals surface area (Å²) in [5.74, 6) is -0.408. The summed E-state index contributed by atoms with van der Waals surface area (Å²) in [7, 11) is 0. The Hall–Kier alpha value is -3.16. The fraction of sp³-hybridized carbons (Fsp3) is 0.333. The summed E-state index contributed by atoms with van der Waals surface area (Å²) < 4.78 is 5.15. The van der Waals surface area contributed by atoms with Crippen molar-refractivity contribution in [3.63, 3.8) is 0 Å². The van der Waals surface area contributed by atoms with Gasteiger partial charge in [-0.25, -0.2) is 4.98 Å². The molecule has 1 aliphatic heterocycles. The first kappa shape index (κ1) is 21.1. The normalized spacial score (nSPS) is 14.5. The number of carbonyl (C=O) groups excluding carboxylic acids is 2. The molecule has 1 fully saturated rings. The largest absolute Gasteiger partial charge is 0.466 e. The van der Waals surface area contributed by atoms with E-state index in [1.165, 1.54) is 11.3 Å². The predicted molar refractivity (Wildman–Crippen MR) is 122 cm³/mol. The average molecular weight is 456 g/mol. The number of primary amides is 1. The van der Waals surface area contributed by atoms with Crippen molar-refractivity contribution < 1.29 is 14.3 Å². The number of nitrogen functional groups attached to an aromatic ring is 1. The van der Waals surface area contributed by atoms with Gasteiger partial charge in [0.25, 0.3) is 5.91 Å². The summed E-state index contributed by atoms with van der Waals surface area (Å²) >= 11 is 2.62. The number of anilines is 2. The number of nitriles is 1. The summed E-state index contributed by atoms with van der Waals surface area (Å²) in [4.78, 5) is 32.4. The molecule has 4 heterocycles. The standard InChI is InChI=1S/C21H21N5O3S2/c1-2-29-21(28)11-5-7-26(8-6-11)19-12(10-22)14(13-4-3-9-30-13)15-16(23)17(18(24)27)31-20(15)25-19/h3-4,9,11H,2,5-8,23H2,1H3,(H2,24,27). The van der Waals surface area contributed by atoms with Gasteiger partial charge in [0.1, 0.15) is 27.2 Å². The second-order valence-electron chi connectivity index (χ2n) is 7.18. The highest BCUT2D eigenvalue weighted by Crippen LogP contribution is 2.45. The molecular formula is C21H21N5O3S2. The van der Waals surface area contributed by atoms with Crippen LogP contribution in [0.3, 0.4) is 0 Å². The molecule has 0 aromatic carbocycles. The summed E-state index contributed by atoms with van der Waals surface area (Å²) in [5, 5.41) is 12.6. The highest BCUT2D eigenvalue weighted by atomic mass is 32.1. The number of aromatic nitrogens is 1. The van der Waals surface area contributed by atoms with Crippen LogP contribution in [0, 0.1) is 17.2 Å². The topological polar surface area (TPSA) is 135 Å². The van der Waals surface area contributed by atoms with Crippen LogP contribution >= 0.6 is 22.7 Å². The summed E-state index contributed by atoms with van der Waals surface area (Å²) in [6.45, 7) is 3.31. The Kier molecular flexibility index (Phi) is 5.80. The van der Waals surface area contributed by atoms with E-state index >= 15 is 0 Å². The minimum absolute atomic E-state index is 0.152. The van der Waals surface area contributed by atoms with Crippen molar-refractivity contribution in [3.8, 4) is 16.5 Å². The molecule has 4 rings (SSSR count). The van der Waals surface area contributed by atoms with Gasteiger partial charge in [0, 0.05) is 28.9 Å². The zero-order valence-corrected chi connectivity index (χ0v) is 18.5. The Morgan fingerprint density at radius 2 is 2.13 bits per heavy atom. The van der Waals surface area contributed by atoms with E-state index in [-0.39, 0.29) is 22.5 Å². The fourth-order valence-electron chi connectivity index (χ4n) is 3.91. The molecule has 1 amide bonds. The molecule has 31 heavy (non-hydrogen) atoms. The lowest BCUT2D eigenvalue weighted by atomic mass is 9.96. The molecule has 10 heteroatoms. The van der Waals surface area contributed by atoms with Crippen LogP contribution in [0.25, 0.3) is 20.7 Å². The van der Waals surface area contributed by atoms with E-state index in [4.69, 9.17) is 21.2 Å². The number of ether oxygens (including phenoxy) is 1. The second kappa shape index (κ2) is 8.53. The maximum Gasteiger partial charge on any atom is 0.309 e. The predicted octanol–water partition coefficient (Wildman–Crippen LogP) is 3.36. The lowest BCUT2D eigenvalue weighted by Gasteiger charge is -2.32. The number of amides is 1. The van der Waals surface area contributed by atoms with E-state index in [1.54, 1.807) is 6.92 Å². The number of piperidine rings is 1. The van der Waals surface area contributed by atoms with Gasteiger partial charge in [-0.05, 0) is 31.2 Å². The molecule has 1 aliphatic rings. The monoisotopic (exact) mass is 455 g/mol. The molecule has 1 saturated heterocycles. The van der Waals surface area contributed by atoms with E-state index in [0.717, 1.165) is 16.2 Å². The smallest absolute Gasteiger partial charge is 0.309 e. The number of carbonyl (C=O) groups is 2. The van der Waals surface area contributed by atoms with Crippen LogP contribution in [0.4, 0.5) is 11.5 Å². The molecule has 4 N–H and O–H groups in total. The average Bonchev–Trinajstić information content (AvgIpc) is 3.41. The number of rotatable bonds is 5. The zero-order chi connectivity index (χ0) is 22.1. The van der Waals surface area contributed by atoms with Crippen molar-refractivity contribution in [3.05, 3.63) is 28.0 Å². The van der Waals surface area contributed by atoms with Gasteiger partial charge in [0.2, 0.25) is 0 Å². The molecule has 8 nitrogen and oxygen atoms in total. The van der Waals surface area contributed by atoms with Crippen LogP contribution in [0.15, 0.2) is 17.5 Å². The molecule has 0 atom stereocenters. The van der Waals surface area contributed by atoms with E-state index in [2.05, 4.69) is 6.07 Å². The van der Waals surface area contributed by atoms with Gasteiger partial charge in [0.05, 0.1) is 18.2 Å². The van der Waals surface area contributed by atoms with Crippen LogP contribution in [-0.2, 0) is 9.53 Å². The molecule has 160 valence electrons. The number of nitrogens with two attached hydrogens (primary N) is 2. The van der Waals surface area contributed by atoms with Crippen molar-refractivity contribution in [1.82, 2.24) is 4.98 Å². The van der Waals surface area contributed by atoms with Crippen LogP contribution in [0.5, 0.6) is 0 Å². The number of esters is 1. The van der Waals surface area contributed by atoms with Gasteiger partial charge in [-0.15, -0.1) is 22.7 Å². The van der Waals surface area contributed by atoms with Gasteiger partial charge in [0.15, 0.2) is 0 Å². The highest BCUT2D eigenvalue weighted by Gasteiger charge is 2.31. The maximum absolute atomic E-state index is 12.1. The SMILES string of the molecule is CCOC(=O)C1CCN(c2nc3sc(C(N)=O)c(N)c3c(-c3cccs3)c2C#N)CC1. The molecule has 0 saturated carbocycles. The first-order chi connectivity index (χ1) is 15.0. The van der Waals surface area contributed by atoms with Gasteiger partial charge in [-0.3, -0.25) is 9.59 Å². The van der Waals surface area contributed by atoms with Crippen molar-refractivity contribution in [1.29, 1.82) is 5.26 Å². The minimum atomic E-state index is -0.618. The number of fused-ring (bicyclic) bond motifs is 1. The van der Waals surface area contributed by atoms with Crippen LogP contribution in [0.2, 0.25) is 0 Å². The van der Waals surface area contributed by atoms with Crippen molar-refractivity contribution >= 4 is 56.3 Å². The zero-order valence-electron chi connectivity index (χ0n) is 16.9. The van der Waals surface area contributed by atoms with Crippen LogP contribution in [-0.4, -0.2) is 36.6 Å². The molecule has 0 spiro atoms. The molecule has 0 radical (unpaired) electrons.